The average Bonchev–Trinajstić information content (AvgIpc) is 3.21. The summed E-state index contributed by atoms with van der Waals surface area (Å²) in [4.78, 5) is 32.1. The van der Waals surface area contributed by atoms with E-state index in [1.165, 1.54) is 0 Å². The Morgan fingerprint density at radius 1 is 0.971 bits per heavy atom. The molecule has 0 N–H and O–H groups in total. The van der Waals surface area contributed by atoms with Crippen LogP contribution in [0.15, 0.2) is 60.7 Å². The number of carbonyl (C=O) groups is 2. The van der Waals surface area contributed by atoms with Gasteiger partial charge in [0.1, 0.15) is 0 Å². The number of rotatable bonds is 4. The normalized spacial score (nSPS) is 27.1. The highest BCUT2D eigenvalue weighted by Crippen LogP contribution is 2.44. The Morgan fingerprint density at radius 2 is 1.65 bits per heavy atom. The summed E-state index contributed by atoms with van der Waals surface area (Å²) in [5.74, 6) is 0.442. The van der Waals surface area contributed by atoms with Crippen LogP contribution in [0.4, 0.5) is 0 Å². The minimum atomic E-state index is -0.540. The molecule has 2 atom stereocenters. The molecule has 3 heterocycles. The number of carbonyl (C=O) groups excluding carboxylic acids is 2. The first kappa shape index (κ1) is 23.1. The second-order valence-electron chi connectivity index (χ2n) is 10.4. The van der Waals surface area contributed by atoms with Crippen molar-refractivity contribution in [2.45, 2.75) is 75.4 Å². The van der Waals surface area contributed by atoms with Gasteiger partial charge in [-0.25, -0.2) is 0 Å². The lowest BCUT2D eigenvalue weighted by Crippen LogP contribution is -2.60. The lowest BCUT2D eigenvalue weighted by molar-refractivity contribution is -0.148. The molecule has 0 radical (unpaired) electrons. The molecule has 3 aliphatic heterocycles. The van der Waals surface area contributed by atoms with E-state index in [1.807, 2.05) is 36.4 Å². The van der Waals surface area contributed by atoms with Crippen LogP contribution in [0.3, 0.4) is 0 Å². The third-order valence-electron chi connectivity index (χ3n) is 8.52. The van der Waals surface area contributed by atoms with Gasteiger partial charge in [0, 0.05) is 32.7 Å². The molecule has 2 amide bonds. The van der Waals surface area contributed by atoms with Crippen LogP contribution in [0.25, 0.3) is 0 Å². The fourth-order valence-corrected chi connectivity index (χ4v) is 6.48. The highest BCUT2D eigenvalue weighted by atomic mass is 16.5. The Bertz CT molecular complexity index is 1000. The second kappa shape index (κ2) is 9.53. The molecule has 34 heavy (non-hydrogen) atoms. The summed E-state index contributed by atoms with van der Waals surface area (Å²) in [6.45, 7) is 4.74. The summed E-state index contributed by atoms with van der Waals surface area (Å²) >= 11 is 0. The molecular formula is C29H36N2O3. The maximum atomic E-state index is 14.4. The quantitative estimate of drug-likeness (QED) is 0.665. The van der Waals surface area contributed by atoms with Crippen LogP contribution in [0.1, 0.15) is 63.0 Å². The number of nitrogens with zero attached hydrogens (tertiary/aromatic N) is 2. The minimum absolute atomic E-state index is 0.0383. The lowest BCUT2D eigenvalue weighted by atomic mass is 9.72. The molecule has 3 saturated heterocycles. The molecule has 5 nitrogen and oxygen atoms in total. The van der Waals surface area contributed by atoms with Crippen molar-refractivity contribution >= 4 is 11.8 Å². The number of likely N-dealkylation sites (tertiary alicyclic amines) is 2. The second-order valence-corrected chi connectivity index (χ2v) is 10.4. The van der Waals surface area contributed by atoms with Crippen molar-refractivity contribution in [1.82, 2.24) is 9.80 Å². The summed E-state index contributed by atoms with van der Waals surface area (Å²) in [6.07, 6.45) is 5.65. The van der Waals surface area contributed by atoms with E-state index in [-0.39, 0.29) is 23.4 Å². The van der Waals surface area contributed by atoms with E-state index in [0.717, 1.165) is 36.8 Å². The first-order valence-corrected chi connectivity index (χ1v) is 12.8. The van der Waals surface area contributed by atoms with E-state index in [4.69, 9.17) is 4.74 Å². The third kappa shape index (κ3) is 4.04. The van der Waals surface area contributed by atoms with Crippen molar-refractivity contribution in [2.24, 2.45) is 0 Å². The number of hydrogen-bond donors (Lipinski definition) is 0. The topological polar surface area (TPSA) is 49.9 Å². The van der Waals surface area contributed by atoms with Gasteiger partial charge in [-0.2, -0.15) is 0 Å². The van der Waals surface area contributed by atoms with Gasteiger partial charge < -0.3 is 14.5 Å². The molecule has 5 heteroatoms. The van der Waals surface area contributed by atoms with Gasteiger partial charge in [-0.3, -0.25) is 9.59 Å². The highest BCUT2D eigenvalue weighted by Gasteiger charge is 2.55. The fourth-order valence-electron chi connectivity index (χ4n) is 6.48. The zero-order valence-corrected chi connectivity index (χ0v) is 20.2. The highest BCUT2D eigenvalue weighted by molar-refractivity contribution is 5.89. The van der Waals surface area contributed by atoms with Crippen LogP contribution in [0.5, 0.6) is 0 Å². The third-order valence-corrected chi connectivity index (χ3v) is 8.52. The minimum Gasteiger partial charge on any atom is -0.381 e. The smallest absolute Gasteiger partial charge is 0.233 e. The predicted octanol–water partition coefficient (Wildman–Crippen LogP) is 4.70. The zero-order chi connectivity index (χ0) is 23.6. The van der Waals surface area contributed by atoms with E-state index >= 15 is 0 Å². The molecule has 5 rings (SSSR count). The van der Waals surface area contributed by atoms with E-state index in [0.29, 0.717) is 45.6 Å². The number of amides is 2. The molecule has 0 spiro atoms. The Labute approximate surface area is 203 Å². The lowest BCUT2D eigenvalue weighted by Gasteiger charge is -2.47. The Hall–Kier alpha value is -2.66. The van der Waals surface area contributed by atoms with Crippen LogP contribution in [-0.2, 0) is 26.3 Å². The monoisotopic (exact) mass is 460 g/mol. The first-order valence-electron chi connectivity index (χ1n) is 12.8. The molecule has 2 aromatic carbocycles. The van der Waals surface area contributed by atoms with Gasteiger partial charge >= 0.3 is 0 Å². The fraction of sp³-hybridized carbons (Fsp3) is 0.517. The molecule has 3 fully saturated rings. The summed E-state index contributed by atoms with van der Waals surface area (Å²) < 4.78 is 5.70. The van der Waals surface area contributed by atoms with Gasteiger partial charge in [0.05, 0.1) is 17.0 Å². The van der Waals surface area contributed by atoms with Crippen LogP contribution >= 0.6 is 0 Å². The van der Waals surface area contributed by atoms with Crippen molar-refractivity contribution in [3.63, 3.8) is 0 Å². The molecule has 3 aliphatic rings. The maximum Gasteiger partial charge on any atom is 0.233 e. The van der Waals surface area contributed by atoms with E-state index < -0.39 is 5.41 Å². The van der Waals surface area contributed by atoms with Gasteiger partial charge in [0.2, 0.25) is 11.8 Å². The molecule has 0 bridgehead atoms. The summed E-state index contributed by atoms with van der Waals surface area (Å²) in [5.41, 5.74) is 1.35. The van der Waals surface area contributed by atoms with Crippen molar-refractivity contribution < 1.29 is 14.3 Å². The Kier molecular flexibility index (Phi) is 6.48. The van der Waals surface area contributed by atoms with E-state index in [2.05, 4.69) is 41.0 Å². The number of fused-ring (bicyclic) bond motifs is 1. The van der Waals surface area contributed by atoms with Crippen LogP contribution in [0.2, 0.25) is 0 Å². The van der Waals surface area contributed by atoms with Crippen LogP contribution in [-0.4, -0.2) is 53.0 Å². The molecular weight excluding hydrogens is 424 g/mol. The molecule has 0 aromatic heterocycles. The van der Waals surface area contributed by atoms with Gasteiger partial charge in [-0.05, 0) is 50.2 Å². The van der Waals surface area contributed by atoms with Crippen molar-refractivity contribution in [3.05, 3.63) is 71.8 Å². The van der Waals surface area contributed by atoms with Crippen molar-refractivity contribution in [1.29, 1.82) is 0 Å². The molecule has 180 valence electrons. The maximum absolute atomic E-state index is 14.4. The Balaban J connectivity index is 1.49. The van der Waals surface area contributed by atoms with E-state index in [9.17, 15) is 9.59 Å². The van der Waals surface area contributed by atoms with Gasteiger partial charge in [0.25, 0.3) is 0 Å². The number of hydrogen-bond acceptors (Lipinski definition) is 3. The average molecular weight is 461 g/mol. The summed E-state index contributed by atoms with van der Waals surface area (Å²) in [5, 5.41) is 0. The molecule has 2 aromatic rings. The van der Waals surface area contributed by atoms with Gasteiger partial charge in [-0.15, -0.1) is 0 Å². The summed E-state index contributed by atoms with van der Waals surface area (Å²) in [6, 6.07) is 20.6. The van der Waals surface area contributed by atoms with Crippen molar-refractivity contribution in [2.75, 3.05) is 19.8 Å². The predicted molar refractivity (Wildman–Crippen MR) is 132 cm³/mol. The number of benzene rings is 2. The summed E-state index contributed by atoms with van der Waals surface area (Å²) in [7, 11) is 0. The van der Waals surface area contributed by atoms with Crippen LogP contribution in [0, 0.1) is 0 Å². The van der Waals surface area contributed by atoms with Crippen molar-refractivity contribution in [3.8, 4) is 0 Å². The Morgan fingerprint density at radius 3 is 2.35 bits per heavy atom. The SMILES string of the molecule is C[C@]12CCN(C(=O)C3(c4ccccc4)CCOCC3)[C@H]1CCCCC(=O)N2Cc1ccccc1. The largest absolute Gasteiger partial charge is 0.381 e. The zero-order valence-electron chi connectivity index (χ0n) is 20.2. The molecule has 0 saturated carbocycles. The van der Waals surface area contributed by atoms with E-state index in [1.54, 1.807) is 0 Å². The van der Waals surface area contributed by atoms with Crippen LogP contribution < -0.4 is 0 Å². The first-order chi connectivity index (χ1) is 16.5. The number of ether oxygens (including phenoxy) is 1. The van der Waals surface area contributed by atoms with Gasteiger partial charge in [-0.1, -0.05) is 67.1 Å². The molecule has 0 unspecified atom stereocenters. The standard InChI is InChI=1S/C29H36N2O3/c1-28-16-19-30(27(33)29(17-20-34-21-18-29)24-12-6-3-7-13-24)25(28)14-8-9-15-26(32)31(28)22-23-10-4-2-5-11-23/h2-7,10-13,25H,8-9,14-22H2,1H3/t25-,28-/m0/s1. The van der Waals surface area contributed by atoms with Gasteiger partial charge in [0.15, 0.2) is 0 Å². The molecule has 0 aliphatic carbocycles.